The minimum Gasteiger partial charge on any atom is -0.310 e. The van der Waals surface area contributed by atoms with Crippen LogP contribution in [-0.2, 0) is 0 Å². The summed E-state index contributed by atoms with van der Waals surface area (Å²) in [5, 5.41) is 13.4. The van der Waals surface area contributed by atoms with Gasteiger partial charge in [0.1, 0.15) is 0 Å². The first kappa shape index (κ1) is 36.0. The second kappa shape index (κ2) is 13.5. The van der Waals surface area contributed by atoms with E-state index in [0.29, 0.717) is 0 Å². The quantitative estimate of drug-likeness (QED) is 0.0865. The van der Waals surface area contributed by atoms with Crippen molar-refractivity contribution < 1.29 is 0 Å². The van der Waals surface area contributed by atoms with E-state index < -0.39 is 16.1 Å². The number of para-hydroxylation sites is 2. The maximum atomic E-state index is 2.47. The molecule has 2 nitrogen and oxygen atoms in total. The third-order valence-corrected chi connectivity index (χ3v) is 15.8. The van der Waals surface area contributed by atoms with E-state index in [1.807, 2.05) is 0 Å². The lowest BCUT2D eigenvalue weighted by Crippen LogP contribution is -2.37. The Morgan fingerprint density at radius 1 is 0.321 bits per heavy atom. The molecule has 0 fully saturated rings. The van der Waals surface area contributed by atoms with Crippen molar-refractivity contribution in [2.24, 2.45) is 0 Å². The molecule has 0 unspecified atom stereocenters. The van der Waals surface area contributed by atoms with Gasteiger partial charge in [0.15, 0.2) is 0 Å². The average molecular weight is 759 g/mol. The van der Waals surface area contributed by atoms with Crippen LogP contribution in [0.5, 0.6) is 0 Å². The lowest BCUT2D eigenvalue weighted by Gasteiger charge is -2.31. The molecule has 9 aromatic carbocycles. The Morgan fingerprint density at radius 2 is 0.643 bits per heavy atom. The van der Waals surface area contributed by atoms with Crippen LogP contribution in [0.4, 0.5) is 34.1 Å². The van der Waals surface area contributed by atoms with Crippen LogP contribution in [0.3, 0.4) is 0 Å². The molecular weight excluding hydrogens is 709 g/mol. The minimum absolute atomic E-state index is 1.15. The van der Waals surface area contributed by atoms with Gasteiger partial charge in [0.25, 0.3) is 0 Å². The Labute approximate surface area is 334 Å². The predicted octanol–water partition coefficient (Wildman–Crippen LogP) is 14.4. The summed E-state index contributed by atoms with van der Waals surface area (Å²) in [6.45, 7) is 19.1. The molecule has 0 N–H and O–H groups in total. The molecule has 0 atom stereocenters. The van der Waals surface area contributed by atoms with Crippen LogP contribution < -0.4 is 20.2 Å². The molecule has 0 saturated carbocycles. The van der Waals surface area contributed by atoms with Crippen LogP contribution in [0.2, 0.25) is 39.3 Å². The van der Waals surface area contributed by atoms with Gasteiger partial charge in [-0.15, -0.1) is 0 Å². The predicted molar refractivity (Wildman–Crippen MR) is 252 cm³/mol. The molecule has 9 rings (SSSR count). The van der Waals surface area contributed by atoms with Crippen molar-refractivity contribution in [1.82, 2.24) is 0 Å². The zero-order valence-corrected chi connectivity index (χ0v) is 35.9. The molecule has 0 bridgehead atoms. The van der Waals surface area contributed by atoms with E-state index in [1.165, 1.54) is 87.3 Å². The van der Waals surface area contributed by atoms with E-state index in [4.69, 9.17) is 0 Å². The molecule has 0 amide bonds. The lowest BCUT2D eigenvalue weighted by atomic mass is 9.84. The van der Waals surface area contributed by atoms with Crippen molar-refractivity contribution in [3.8, 4) is 0 Å². The van der Waals surface area contributed by atoms with Gasteiger partial charge in [-0.3, -0.25) is 0 Å². The first-order valence-electron chi connectivity index (χ1n) is 19.9. The Hall–Kier alpha value is -5.69. The Morgan fingerprint density at radius 3 is 0.982 bits per heavy atom. The summed E-state index contributed by atoms with van der Waals surface area (Å²) in [5.41, 5.74) is 9.61. The van der Waals surface area contributed by atoms with Gasteiger partial charge in [0, 0.05) is 44.3 Å². The molecule has 0 aliphatic rings. The molecule has 0 saturated heterocycles. The maximum absolute atomic E-state index is 2.47. The maximum Gasteiger partial charge on any atom is 0.0775 e. The number of nitrogens with zero attached hydrogens (tertiary/aromatic N) is 2. The van der Waals surface area contributed by atoms with Gasteiger partial charge in [-0.05, 0) is 107 Å². The highest BCUT2D eigenvalue weighted by Gasteiger charge is 2.26. The molecule has 0 heterocycles. The number of aryl methyl sites for hydroxylation is 2. The van der Waals surface area contributed by atoms with Gasteiger partial charge in [0.05, 0.1) is 27.5 Å². The van der Waals surface area contributed by atoms with Gasteiger partial charge in [-0.25, -0.2) is 0 Å². The molecule has 0 aromatic heterocycles. The topological polar surface area (TPSA) is 6.48 Å². The largest absolute Gasteiger partial charge is 0.310 e. The second-order valence-corrected chi connectivity index (χ2v) is 27.7. The number of hydrogen-bond acceptors (Lipinski definition) is 2. The highest BCUT2D eigenvalue weighted by Crippen LogP contribution is 2.51. The lowest BCUT2D eigenvalue weighted by molar-refractivity contribution is 1.29. The standard InChI is InChI=1S/C52H50N2Si2/c1-35-33-47(53(37-17-11-9-12-18-37)39-23-27-41(28-24-39)55(3,4)5)45-31-32-46-48(34-36(2)50-44-22-16-15-21-43(44)49(35)51(45)52(46)50)54(38-19-13-10-14-20-38)40-25-29-42(30-26-40)56(6,7)8/h9-34H,1-8H3. The van der Waals surface area contributed by atoms with Gasteiger partial charge in [0.2, 0.25) is 0 Å². The molecule has 9 aromatic rings. The van der Waals surface area contributed by atoms with E-state index in [0.717, 1.165) is 11.4 Å². The summed E-state index contributed by atoms with van der Waals surface area (Å²) in [6.07, 6.45) is 0. The fourth-order valence-electron chi connectivity index (χ4n) is 8.87. The van der Waals surface area contributed by atoms with Crippen molar-refractivity contribution in [2.75, 3.05) is 9.80 Å². The van der Waals surface area contributed by atoms with E-state index >= 15 is 0 Å². The highest BCUT2D eigenvalue weighted by atomic mass is 28.3. The summed E-state index contributed by atoms with van der Waals surface area (Å²) in [5.74, 6) is 0. The Kier molecular flexibility index (Phi) is 8.68. The van der Waals surface area contributed by atoms with E-state index in [2.05, 4.69) is 221 Å². The summed E-state index contributed by atoms with van der Waals surface area (Å²) in [6, 6.07) is 59.2. The van der Waals surface area contributed by atoms with Crippen molar-refractivity contribution in [1.29, 1.82) is 0 Å². The average Bonchev–Trinajstić information content (AvgIpc) is 3.19. The number of hydrogen-bond donors (Lipinski definition) is 0. The van der Waals surface area contributed by atoms with E-state index in [-0.39, 0.29) is 0 Å². The summed E-state index contributed by atoms with van der Waals surface area (Å²) in [7, 11) is -2.95. The van der Waals surface area contributed by atoms with Gasteiger partial charge in [-0.2, -0.15) is 0 Å². The molecule has 276 valence electrons. The summed E-state index contributed by atoms with van der Waals surface area (Å²) in [4.78, 5) is 4.94. The fourth-order valence-corrected chi connectivity index (χ4v) is 11.2. The van der Waals surface area contributed by atoms with Crippen LogP contribution in [0.1, 0.15) is 11.1 Å². The van der Waals surface area contributed by atoms with Crippen molar-refractivity contribution in [3.05, 3.63) is 169 Å². The minimum atomic E-state index is -1.47. The third-order valence-electron chi connectivity index (χ3n) is 11.7. The van der Waals surface area contributed by atoms with Crippen molar-refractivity contribution >= 4 is 104 Å². The van der Waals surface area contributed by atoms with Crippen LogP contribution >= 0.6 is 0 Å². The molecule has 0 spiro atoms. The van der Waals surface area contributed by atoms with Gasteiger partial charge >= 0.3 is 0 Å². The van der Waals surface area contributed by atoms with Gasteiger partial charge in [-0.1, -0.05) is 147 Å². The highest BCUT2D eigenvalue weighted by molar-refractivity contribution is 6.89. The normalized spacial score (nSPS) is 12.3. The van der Waals surface area contributed by atoms with Gasteiger partial charge < -0.3 is 9.80 Å². The second-order valence-electron chi connectivity index (χ2n) is 17.6. The number of rotatable bonds is 8. The molecule has 0 radical (unpaired) electrons. The third kappa shape index (κ3) is 6.00. The first-order chi connectivity index (χ1) is 26.9. The van der Waals surface area contributed by atoms with Crippen molar-refractivity contribution in [2.45, 2.75) is 53.1 Å². The monoisotopic (exact) mass is 758 g/mol. The SMILES string of the molecule is Cc1cc(N(c2ccccc2)c2ccc([Si](C)(C)C)cc2)c2ccc3c(N(c4ccccc4)c4ccc([Si](C)(C)C)cc4)cc(C)c4c5ccccc5c1c2c34. The number of benzene rings is 9. The van der Waals surface area contributed by atoms with Crippen LogP contribution in [0.15, 0.2) is 158 Å². The molecule has 0 aliphatic carbocycles. The molecule has 56 heavy (non-hydrogen) atoms. The van der Waals surface area contributed by atoms with Crippen molar-refractivity contribution in [3.63, 3.8) is 0 Å². The smallest absolute Gasteiger partial charge is 0.0775 e. The molecule has 0 aliphatic heterocycles. The van der Waals surface area contributed by atoms with Crippen LogP contribution in [0, 0.1) is 13.8 Å². The molecular formula is C52H50N2Si2. The number of fused-ring (bicyclic) bond motifs is 3. The van der Waals surface area contributed by atoms with Crippen LogP contribution in [0.25, 0.3) is 43.1 Å². The Balaban J connectivity index is 1.39. The Bertz CT molecular complexity index is 2670. The molecule has 4 heteroatoms. The van der Waals surface area contributed by atoms with E-state index in [9.17, 15) is 0 Å². The number of anilines is 6. The van der Waals surface area contributed by atoms with Crippen LogP contribution in [-0.4, -0.2) is 16.1 Å². The summed E-state index contributed by atoms with van der Waals surface area (Å²) < 4.78 is 0. The fraction of sp³-hybridized carbons (Fsp3) is 0.154. The zero-order chi connectivity index (χ0) is 38.9. The van der Waals surface area contributed by atoms with E-state index in [1.54, 1.807) is 0 Å². The zero-order valence-electron chi connectivity index (χ0n) is 33.9. The summed E-state index contributed by atoms with van der Waals surface area (Å²) >= 11 is 0. The first-order valence-corrected chi connectivity index (χ1v) is 26.9.